The van der Waals surface area contributed by atoms with E-state index in [0.29, 0.717) is 12.6 Å². The topological polar surface area (TPSA) is 41.1 Å². The normalized spacial score (nSPS) is 16.6. The smallest absolute Gasteiger partial charge is 0.234 e. The maximum absolute atomic E-state index is 11.7. The van der Waals surface area contributed by atoms with E-state index in [4.69, 9.17) is 0 Å². The highest BCUT2D eigenvalue weighted by atomic mass is 79.9. The molecule has 1 saturated carbocycles. The van der Waals surface area contributed by atoms with Gasteiger partial charge in [0.1, 0.15) is 0 Å². The molecule has 2 N–H and O–H groups in total. The molecular formula is C13H17BrN2O. The minimum absolute atomic E-state index is 0.0269. The molecule has 0 bridgehead atoms. The summed E-state index contributed by atoms with van der Waals surface area (Å²) in [6.45, 7) is 2.41. The highest BCUT2D eigenvalue weighted by molar-refractivity contribution is 9.10. The van der Waals surface area contributed by atoms with Crippen molar-refractivity contribution >= 4 is 21.8 Å². The monoisotopic (exact) mass is 296 g/mol. The molecule has 0 radical (unpaired) electrons. The van der Waals surface area contributed by atoms with E-state index in [1.165, 1.54) is 12.8 Å². The van der Waals surface area contributed by atoms with Crippen LogP contribution in [-0.2, 0) is 4.79 Å². The molecule has 1 aromatic carbocycles. The Bertz CT molecular complexity index is 404. The summed E-state index contributed by atoms with van der Waals surface area (Å²) in [4.78, 5) is 11.7. The molecule has 0 aromatic heterocycles. The highest BCUT2D eigenvalue weighted by Gasteiger charge is 2.21. The molecule has 0 unspecified atom stereocenters. The van der Waals surface area contributed by atoms with Crippen LogP contribution in [0.3, 0.4) is 0 Å². The second-order valence-electron chi connectivity index (χ2n) is 4.47. The lowest BCUT2D eigenvalue weighted by molar-refractivity contribution is -0.120. The first kappa shape index (κ1) is 12.6. The van der Waals surface area contributed by atoms with E-state index in [0.717, 1.165) is 10.0 Å². The molecule has 1 aliphatic rings. The number of carbonyl (C=O) groups is 1. The van der Waals surface area contributed by atoms with Crippen LogP contribution in [0.15, 0.2) is 28.7 Å². The molecular weight excluding hydrogens is 280 g/mol. The Balaban J connectivity index is 1.85. The fraction of sp³-hybridized carbons (Fsp3) is 0.462. The van der Waals surface area contributed by atoms with Gasteiger partial charge in [0.05, 0.1) is 12.6 Å². The minimum Gasteiger partial charge on any atom is -0.348 e. The molecule has 1 aromatic rings. The zero-order valence-electron chi connectivity index (χ0n) is 9.87. The second kappa shape index (κ2) is 5.65. The van der Waals surface area contributed by atoms with E-state index >= 15 is 0 Å². The van der Waals surface area contributed by atoms with E-state index in [-0.39, 0.29) is 11.9 Å². The van der Waals surface area contributed by atoms with Crippen molar-refractivity contribution in [2.75, 3.05) is 6.54 Å². The van der Waals surface area contributed by atoms with Crippen LogP contribution < -0.4 is 10.6 Å². The van der Waals surface area contributed by atoms with Gasteiger partial charge in [0.2, 0.25) is 5.91 Å². The number of nitrogens with one attached hydrogen (secondary N) is 2. The molecule has 1 amide bonds. The molecule has 17 heavy (non-hydrogen) atoms. The molecule has 2 rings (SSSR count). The van der Waals surface area contributed by atoms with Crippen LogP contribution in [0.4, 0.5) is 0 Å². The molecule has 1 atom stereocenters. The number of halogens is 1. The Labute approximate surface area is 110 Å². The van der Waals surface area contributed by atoms with Gasteiger partial charge < -0.3 is 10.6 Å². The van der Waals surface area contributed by atoms with Gasteiger partial charge in [-0.05, 0) is 31.4 Å². The zero-order valence-corrected chi connectivity index (χ0v) is 11.5. The standard InChI is InChI=1S/C13H17BrN2O/c1-9(11-4-2-3-5-12(11)14)16-13(17)8-15-10-6-7-10/h2-5,9-10,15H,6-8H2,1H3,(H,16,17)/t9-/m1/s1. The molecule has 3 nitrogen and oxygen atoms in total. The SMILES string of the molecule is C[C@@H](NC(=O)CNC1CC1)c1ccccc1Br. The van der Waals surface area contributed by atoms with Crippen molar-refractivity contribution in [2.24, 2.45) is 0 Å². The number of rotatable bonds is 5. The van der Waals surface area contributed by atoms with Crippen LogP contribution in [0.2, 0.25) is 0 Å². The van der Waals surface area contributed by atoms with Crippen molar-refractivity contribution in [1.29, 1.82) is 0 Å². The lowest BCUT2D eigenvalue weighted by atomic mass is 10.1. The Morgan fingerprint density at radius 1 is 1.47 bits per heavy atom. The van der Waals surface area contributed by atoms with E-state index in [1.54, 1.807) is 0 Å². The van der Waals surface area contributed by atoms with Gasteiger partial charge in [-0.1, -0.05) is 34.1 Å². The van der Waals surface area contributed by atoms with Crippen LogP contribution >= 0.6 is 15.9 Å². The number of hydrogen-bond acceptors (Lipinski definition) is 2. The third-order valence-electron chi connectivity index (χ3n) is 2.88. The van der Waals surface area contributed by atoms with Gasteiger partial charge in [-0.25, -0.2) is 0 Å². The summed E-state index contributed by atoms with van der Waals surface area (Å²) < 4.78 is 1.03. The summed E-state index contributed by atoms with van der Waals surface area (Å²) in [7, 11) is 0. The van der Waals surface area contributed by atoms with Gasteiger partial charge in [-0.2, -0.15) is 0 Å². The van der Waals surface area contributed by atoms with Crippen LogP contribution in [0.5, 0.6) is 0 Å². The number of carbonyl (C=O) groups excluding carboxylic acids is 1. The van der Waals surface area contributed by atoms with Crippen LogP contribution in [-0.4, -0.2) is 18.5 Å². The van der Waals surface area contributed by atoms with E-state index in [1.807, 2.05) is 31.2 Å². The predicted octanol–water partition coefficient (Wildman–Crippen LogP) is 2.38. The Morgan fingerprint density at radius 3 is 2.82 bits per heavy atom. The summed E-state index contributed by atoms with van der Waals surface area (Å²) in [5.41, 5.74) is 1.10. The fourth-order valence-corrected chi connectivity index (χ4v) is 2.35. The Hall–Kier alpha value is -0.870. The lowest BCUT2D eigenvalue weighted by Crippen LogP contribution is -2.36. The van der Waals surface area contributed by atoms with E-state index in [2.05, 4.69) is 26.6 Å². The van der Waals surface area contributed by atoms with Crippen molar-refractivity contribution in [1.82, 2.24) is 10.6 Å². The zero-order chi connectivity index (χ0) is 12.3. The predicted molar refractivity (Wildman–Crippen MR) is 71.7 cm³/mol. The molecule has 0 heterocycles. The molecule has 0 aliphatic heterocycles. The van der Waals surface area contributed by atoms with E-state index in [9.17, 15) is 4.79 Å². The van der Waals surface area contributed by atoms with Crippen molar-refractivity contribution in [2.45, 2.75) is 31.8 Å². The molecule has 1 fully saturated rings. The maximum Gasteiger partial charge on any atom is 0.234 e. The van der Waals surface area contributed by atoms with Crippen molar-refractivity contribution in [3.63, 3.8) is 0 Å². The van der Waals surface area contributed by atoms with Gasteiger partial charge in [-0.15, -0.1) is 0 Å². The third-order valence-corrected chi connectivity index (χ3v) is 3.60. The summed E-state index contributed by atoms with van der Waals surface area (Å²) >= 11 is 3.49. The average molecular weight is 297 g/mol. The largest absolute Gasteiger partial charge is 0.348 e. The van der Waals surface area contributed by atoms with E-state index < -0.39 is 0 Å². The number of amides is 1. The average Bonchev–Trinajstić information content (AvgIpc) is 3.10. The second-order valence-corrected chi connectivity index (χ2v) is 5.32. The van der Waals surface area contributed by atoms with Crippen molar-refractivity contribution < 1.29 is 4.79 Å². The van der Waals surface area contributed by atoms with Gasteiger partial charge in [0.15, 0.2) is 0 Å². The molecule has 92 valence electrons. The number of hydrogen-bond donors (Lipinski definition) is 2. The Morgan fingerprint density at radius 2 is 2.18 bits per heavy atom. The highest BCUT2D eigenvalue weighted by Crippen LogP contribution is 2.22. The van der Waals surface area contributed by atoms with Gasteiger partial charge >= 0.3 is 0 Å². The summed E-state index contributed by atoms with van der Waals surface area (Å²) in [6.07, 6.45) is 2.40. The van der Waals surface area contributed by atoms with Crippen LogP contribution in [0.1, 0.15) is 31.4 Å². The quantitative estimate of drug-likeness (QED) is 0.876. The fourth-order valence-electron chi connectivity index (χ4n) is 1.72. The molecule has 1 aliphatic carbocycles. The first-order valence-electron chi connectivity index (χ1n) is 5.94. The van der Waals surface area contributed by atoms with Gasteiger partial charge in [0, 0.05) is 10.5 Å². The lowest BCUT2D eigenvalue weighted by Gasteiger charge is -2.16. The summed E-state index contributed by atoms with van der Waals surface area (Å²) in [5.74, 6) is 0.0557. The number of benzene rings is 1. The minimum atomic E-state index is 0.0269. The van der Waals surface area contributed by atoms with Gasteiger partial charge in [-0.3, -0.25) is 4.79 Å². The third kappa shape index (κ3) is 3.82. The Kier molecular flexibility index (Phi) is 4.18. The maximum atomic E-state index is 11.7. The summed E-state index contributed by atoms with van der Waals surface area (Å²) in [5, 5.41) is 6.19. The van der Waals surface area contributed by atoms with Crippen molar-refractivity contribution in [3.8, 4) is 0 Å². The van der Waals surface area contributed by atoms with Gasteiger partial charge in [0.25, 0.3) is 0 Å². The first-order chi connectivity index (χ1) is 8.16. The first-order valence-corrected chi connectivity index (χ1v) is 6.73. The molecule has 0 spiro atoms. The summed E-state index contributed by atoms with van der Waals surface area (Å²) in [6, 6.07) is 8.55. The molecule has 0 saturated heterocycles. The van der Waals surface area contributed by atoms with Crippen LogP contribution in [0, 0.1) is 0 Å². The van der Waals surface area contributed by atoms with Crippen molar-refractivity contribution in [3.05, 3.63) is 34.3 Å². The van der Waals surface area contributed by atoms with Crippen LogP contribution in [0.25, 0.3) is 0 Å². The molecule has 4 heteroatoms.